The number of hydrazine groups is 1. The summed E-state index contributed by atoms with van der Waals surface area (Å²) < 4.78 is 5.54. The highest BCUT2D eigenvalue weighted by molar-refractivity contribution is 7.13. The van der Waals surface area contributed by atoms with Gasteiger partial charge in [0.25, 0.3) is 5.91 Å². The van der Waals surface area contributed by atoms with Crippen LogP contribution in [-0.2, 0) is 17.7 Å². The fourth-order valence-electron chi connectivity index (χ4n) is 3.88. The normalized spacial score (nSPS) is 14.5. The Morgan fingerprint density at radius 2 is 2.03 bits per heavy atom. The number of aromatic nitrogens is 2. The van der Waals surface area contributed by atoms with Crippen molar-refractivity contribution >= 4 is 28.7 Å². The minimum absolute atomic E-state index is 0.100. The van der Waals surface area contributed by atoms with E-state index in [1.807, 2.05) is 19.0 Å². The van der Waals surface area contributed by atoms with Crippen LogP contribution in [0.2, 0.25) is 0 Å². The fourth-order valence-corrected chi connectivity index (χ4v) is 4.58. The van der Waals surface area contributed by atoms with Crippen molar-refractivity contribution in [1.82, 2.24) is 20.7 Å². The fraction of sp³-hybridized carbons (Fsp3) is 0.591. The van der Waals surface area contributed by atoms with Gasteiger partial charge in [0.05, 0.1) is 11.2 Å². The molecule has 1 fully saturated rings. The van der Waals surface area contributed by atoms with Crippen LogP contribution in [0.5, 0.6) is 0 Å². The van der Waals surface area contributed by atoms with E-state index in [0.29, 0.717) is 17.5 Å². The van der Waals surface area contributed by atoms with E-state index < -0.39 is 0 Å². The average molecular weight is 447 g/mol. The number of carbonyl (C=O) groups is 1. The molecular formula is C22H34N6O2S. The molecule has 0 bridgehead atoms. The lowest BCUT2D eigenvalue weighted by atomic mass is 10.0. The van der Waals surface area contributed by atoms with Gasteiger partial charge in [0.15, 0.2) is 0 Å². The molecule has 1 aliphatic heterocycles. The van der Waals surface area contributed by atoms with Crippen LogP contribution in [0.25, 0.3) is 0 Å². The first kappa shape index (κ1) is 23.4. The van der Waals surface area contributed by atoms with E-state index in [1.54, 1.807) is 6.20 Å². The summed E-state index contributed by atoms with van der Waals surface area (Å²) in [5.74, 6) is 0.821. The van der Waals surface area contributed by atoms with Gasteiger partial charge in [0.2, 0.25) is 0 Å². The summed E-state index contributed by atoms with van der Waals surface area (Å²) in [6.45, 7) is 11.0. The summed E-state index contributed by atoms with van der Waals surface area (Å²) in [4.78, 5) is 22.5. The Balaban J connectivity index is 1.95. The summed E-state index contributed by atoms with van der Waals surface area (Å²) in [7, 11) is 1.91. The number of ether oxygens (including phenoxy) is 1. The van der Waals surface area contributed by atoms with Crippen LogP contribution in [0.4, 0.5) is 11.5 Å². The van der Waals surface area contributed by atoms with Crippen LogP contribution in [0.3, 0.4) is 0 Å². The first-order valence-corrected chi connectivity index (χ1v) is 11.8. The Morgan fingerprint density at radius 1 is 1.29 bits per heavy atom. The topological polar surface area (TPSA) is 91.4 Å². The molecule has 0 radical (unpaired) electrons. The van der Waals surface area contributed by atoms with Crippen molar-refractivity contribution in [2.24, 2.45) is 0 Å². The molecule has 31 heavy (non-hydrogen) atoms. The van der Waals surface area contributed by atoms with Crippen molar-refractivity contribution in [3.63, 3.8) is 0 Å². The molecule has 2 aromatic heterocycles. The molecule has 0 aliphatic carbocycles. The third-order valence-electron chi connectivity index (χ3n) is 5.62. The largest absolute Gasteiger partial charge is 0.381 e. The number of aryl methyl sites for hydroxylation is 2. The van der Waals surface area contributed by atoms with E-state index in [0.717, 1.165) is 72.4 Å². The maximum absolute atomic E-state index is 12.7. The highest BCUT2D eigenvalue weighted by Gasteiger charge is 2.23. The second-order valence-electron chi connectivity index (χ2n) is 7.64. The van der Waals surface area contributed by atoms with Gasteiger partial charge < -0.3 is 15.4 Å². The predicted molar refractivity (Wildman–Crippen MR) is 126 cm³/mol. The summed E-state index contributed by atoms with van der Waals surface area (Å²) in [6.07, 6.45) is 4.35. The number of rotatable bonds is 9. The zero-order valence-electron chi connectivity index (χ0n) is 19.2. The van der Waals surface area contributed by atoms with Crippen molar-refractivity contribution in [3.8, 4) is 0 Å². The van der Waals surface area contributed by atoms with Crippen LogP contribution in [0.1, 0.15) is 58.2 Å². The van der Waals surface area contributed by atoms with E-state index in [4.69, 9.17) is 9.72 Å². The van der Waals surface area contributed by atoms with E-state index in [9.17, 15) is 4.79 Å². The van der Waals surface area contributed by atoms with Gasteiger partial charge in [-0.2, -0.15) is 0 Å². The van der Waals surface area contributed by atoms with Crippen LogP contribution in [-0.4, -0.2) is 48.7 Å². The van der Waals surface area contributed by atoms with E-state index >= 15 is 0 Å². The molecular weight excluding hydrogens is 412 g/mol. The molecule has 1 saturated heterocycles. The second-order valence-corrected chi connectivity index (χ2v) is 8.87. The number of nitrogens with zero attached hydrogens (tertiary/aromatic N) is 3. The quantitative estimate of drug-likeness (QED) is 0.510. The molecule has 1 amide bonds. The third kappa shape index (κ3) is 5.53. The van der Waals surface area contributed by atoms with Crippen molar-refractivity contribution in [1.29, 1.82) is 0 Å². The Labute approximate surface area is 188 Å². The standard InChI is InChI=1S/C22H34N6O2S/c1-6-18-17(12-25-22(29)19-13-24-15(4)31-19)20(26-16-8-10-30-11-9-16)14(3)21(27-18)28(7-2)23-5/h13,16,23H,6-12H2,1-5H3,(H,25,29)(H,26,27). The van der Waals surface area contributed by atoms with Gasteiger partial charge in [0, 0.05) is 61.9 Å². The van der Waals surface area contributed by atoms with Crippen LogP contribution in [0, 0.1) is 13.8 Å². The Morgan fingerprint density at radius 3 is 2.61 bits per heavy atom. The Bertz CT molecular complexity index is 890. The monoisotopic (exact) mass is 446 g/mol. The summed E-state index contributed by atoms with van der Waals surface area (Å²) in [6, 6.07) is 0.343. The lowest BCUT2D eigenvalue weighted by Gasteiger charge is -2.30. The van der Waals surface area contributed by atoms with Gasteiger partial charge in [-0.15, -0.1) is 11.3 Å². The number of thiazole rings is 1. The molecule has 0 saturated carbocycles. The summed E-state index contributed by atoms with van der Waals surface area (Å²) in [5, 5.41) is 9.78. The second kappa shape index (κ2) is 10.9. The molecule has 3 rings (SSSR count). The number of anilines is 2. The van der Waals surface area contributed by atoms with E-state index in [-0.39, 0.29) is 5.91 Å². The van der Waals surface area contributed by atoms with Gasteiger partial charge in [-0.3, -0.25) is 9.80 Å². The Kier molecular flexibility index (Phi) is 8.22. The van der Waals surface area contributed by atoms with Gasteiger partial charge in [-0.25, -0.2) is 15.4 Å². The third-order valence-corrected chi connectivity index (χ3v) is 6.53. The highest BCUT2D eigenvalue weighted by atomic mass is 32.1. The maximum Gasteiger partial charge on any atom is 0.263 e. The molecule has 0 atom stereocenters. The molecule has 3 N–H and O–H groups in total. The first-order chi connectivity index (χ1) is 15.0. The van der Waals surface area contributed by atoms with Gasteiger partial charge in [0.1, 0.15) is 10.7 Å². The molecule has 1 aliphatic rings. The number of carbonyl (C=O) groups excluding carboxylic acids is 1. The number of pyridine rings is 1. The van der Waals surface area contributed by atoms with Crippen LogP contribution < -0.4 is 21.1 Å². The first-order valence-electron chi connectivity index (χ1n) is 11.0. The molecule has 8 nitrogen and oxygen atoms in total. The Hall–Kier alpha value is -2.23. The highest BCUT2D eigenvalue weighted by Crippen LogP contribution is 2.32. The van der Waals surface area contributed by atoms with Crippen molar-refractivity contribution < 1.29 is 9.53 Å². The van der Waals surface area contributed by atoms with E-state index in [1.165, 1.54) is 11.3 Å². The summed E-state index contributed by atoms with van der Waals surface area (Å²) >= 11 is 1.41. The molecule has 9 heteroatoms. The lowest BCUT2D eigenvalue weighted by molar-refractivity contribution is 0.0904. The smallest absolute Gasteiger partial charge is 0.263 e. The zero-order chi connectivity index (χ0) is 22.4. The minimum atomic E-state index is -0.100. The number of amides is 1. The average Bonchev–Trinajstić information content (AvgIpc) is 3.23. The number of hydrogen-bond acceptors (Lipinski definition) is 8. The predicted octanol–water partition coefficient (Wildman–Crippen LogP) is 3.20. The molecule has 0 unspecified atom stereocenters. The number of hydrogen-bond donors (Lipinski definition) is 3. The maximum atomic E-state index is 12.7. The molecule has 170 valence electrons. The van der Waals surface area contributed by atoms with Gasteiger partial charge in [-0.05, 0) is 40.0 Å². The molecule has 0 aromatic carbocycles. The van der Waals surface area contributed by atoms with Gasteiger partial charge >= 0.3 is 0 Å². The molecule has 2 aromatic rings. The SMILES string of the molecule is CCc1nc(N(CC)NC)c(C)c(NC2CCOCC2)c1CNC(=O)c1cnc(C)s1. The minimum Gasteiger partial charge on any atom is -0.381 e. The zero-order valence-corrected chi connectivity index (χ0v) is 20.0. The van der Waals surface area contributed by atoms with Crippen molar-refractivity contribution in [2.75, 3.05) is 37.1 Å². The molecule has 0 spiro atoms. The summed E-state index contributed by atoms with van der Waals surface area (Å²) in [5.41, 5.74) is 7.43. The number of nitrogens with one attached hydrogen (secondary N) is 3. The van der Waals surface area contributed by atoms with Gasteiger partial charge in [-0.1, -0.05) is 6.92 Å². The van der Waals surface area contributed by atoms with Crippen molar-refractivity contribution in [2.45, 2.75) is 59.5 Å². The van der Waals surface area contributed by atoms with Crippen LogP contribution >= 0.6 is 11.3 Å². The van der Waals surface area contributed by atoms with Crippen molar-refractivity contribution in [3.05, 3.63) is 32.9 Å². The molecule has 3 heterocycles. The van der Waals surface area contributed by atoms with E-state index in [2.05, 4.69) is 41.8 Å². The lowest BCUT2D eigenvalue weighted by Crippen LogP contribution is -2.37. The van der Waals surface area contributed by atoms with Crippen LogP contribution in [0.15, 0.2) is 6.20 Å².